The molecule has 0 saturated carbocycles. The third-order valence-electron chi connectivity index (χ3n) is 12.6. The number of carbonyl (C=O) groups excluding carboxylic acids is 3. The van der Waals surface area contributed by atoms with Crippen molar-refractivity contribution >= 4 is 17.9 Å². The number of esters is 3. The van der Waals surface area contributed by atoms with Gasteiger partial charge in [0.25, 0.3) is 0 Å². The van der Waals surface area contributed by atoms with Crippen LogP contribution in [0.25, 0.3) is 0 Å². The van der Waals surface area contributed by atoms with Gasteiger partial charge in [-0.2, -0.15) is 0 Å². The van der Waals surface area contributed by atoms with E-state index < -0.39 is 6.10 Å². The summed E-state index contributed by atoms with van der Waals surface area (Å²) in [6, 6.07) is 0. The van der Waals surface area contributed by atoms with Crippen LogP contribution in [0.15, 0.2) is 0 Å². The highest BCUT2D eigenvalue weighted by molar-refractivity contribution is 5.71. The van der Waals surface area contributed by atoms with Crippen molar-refractivity contribution in [2.75, 3.05) is 13.2 Å². The molecule has 0 bridgehead atoms. The van der Waals surface area contributed by atoms with Crippen LogP contribution in [0.3, 0.4) is 0 Å². The molecule has 0 aliphatic carbocycles. The predicted molar refractivity (Wildman–Crippen MR) is 256 cm³/mol. The third kappa shape index (κ3) is 45.9. The Hall–Kier alpha value is -1.59. The van der Waals surface area contributed by atoms with E-state index in [2.05, 4.69) is 34.6 Å². The Morgan fingerprint density at radius 2 is 0.633 bits per heavy atom. The Bertz CT molecular complexity index is 918. The van der Waals surface area contributed by atoms with Crippen molar-refractivity contribution in [1.29, 1.82) is 0 Å². The molecule has 0 heterocycles. The van der Waals surface area contributed by atoms with Crippen LogP contribution in [0.5, 0.6) is 0 Å². The van der Waals surface area contributed by atoms with Gasteiger partial charge in [0.05, 0.1) is 0 Å². The maximum Gasteiger partial charge on any atom is 0.306 e. The van der Waals surface area contributed by atoms with E-state index in [1.807, 2.05) is 0 Å². The number of rotatable bonds is 48. The van der Waals surface area contributed by atoms with Crippen LogP contribution in [0, 0.1) is 11.8 Å². The van der Waals surface area contributed by atoms with Crippen molar-refractivity contribution in [2.24, 2.45) is 11.8 Å². The van der Waals surface area contributed by atoms with E-state index in [0.29, 0.717) is 19.3 Å². The number of ether oxygens (including phenoxy) is 3. The minimum Gasteiger partial charge on any atom is -0.462 e. The summed E-state index contributed by atoms with van der Waals surface area (Å²) in [7, 11) is 0. The van der Waals surface area contributed by atoms with E-state index in [1.54, 1.807) is 0 Å². The highest BCUT2D eigenvalue weighted by Crippen LogP contribution is 2.18. The van der Waals surface area contributed by atoms with Crippen LogP contribution in [-0.4, -0.2) is 37.2 Å². The van der Waals surface area contributed by atoms with Gasteiger partial charge in [-0.1, -0.05) is 259 Å². The molecule has 0 aromatic rings. The van der Waals surface area contributed by atoms with Crippen LogP contribution in [0.2, 0.25) is 0 Å². The lowest BCUT2D eigenvalue weighted by Gasteiger charge is -2.18. The van der Waals surface area contributed by atoms with Crippen molar-refractivity contribution in [3.63, 3.8) is 0 Å². The molecule has 0 N–H and O–H groups in total. The highest BCUT2D eigenvalue weighted by Gasteiger charge is 2.19. The first-order chi connectivity index (χ1) is 29.3. The molecule has 356 valence electrons. The Kier molecular flexibility index (Phi) is 45.7. The summed E-state index contributed by atoms with van der Waals surface area (Å²) in [6.45, 7) is 11.4. The molecule has 0 radical (unpaired) electrons. The summed E-state index contributed by atoms with van der Waals surface area (Å²) in [5.41, 5.74) is 0. The molecule has 1 unspecified atom stereocenters. The molecule has 0 saturated heterocycles. The molecule has 0 amide bonds. The van der Waals surface area contributed by atoms with Gasteiger partial charge in [-0.15, -0.1) is 0 Å². The second kappa shape index (κ2) is 46.9. The minimum absolute atomic E-state index is 0.0639. The molecule has 0 spiro atoms. The van der Waals surface area contributed by atoms with Crippen LogP contribution in [0.4, 0.5) is 0 Å². The molecule has 0 fully saturated rings. The number of carbonyl (C=O) groups is 3. The minimum atomic E-state index is -0.762. The first kappa shape index (κ1) is 58.4. The Labute approximate surface area is 374 Å². The van der Waals surface area contributed by atoms with E-state index in [0.717, 1.165) is 69.6 Å². The Balaban J connectivity index is 4.28. The predicted octanol–water partition coefficient (Wildman–Crippen LogP) is 17.3. The number of hydrogen-bond acceptors (Lipinski definition) is 6. The van der Waals surface area contributed by atoms with Gasteiger partial charge in [0, 0.05) is 19.3 Å². The zero-order chi connectivity index (χ0) is 44.0. The van der Waals surface area contributed by atoms with E-state index in [1.165, 1.54) is 186 Å². The molecule has 0 aromatic heterocycles. The molecular formula is C54H104O6. The first-order valence-electron chi connectivity index (χ1n) is 26.8. The lowest BCUT2D eigenvalue weighted by Crippen LogP contribution is -2.30. The maximum absolute atomic E-state index is 12.8. The summed E-state index contributed by atoms with van der Waals surface area (Å²) in [6.07, 6.45) is 48.0. The van der Waals surface area contributed by atoms with Crippen LogP contribution < -0.4 is 0 Å². The topological polar surface area (TPSA) is 78.9 Å². The number of unbranched alkanes of at least 4 members (excludes halogenated alkanes) is 32. The average Bonchev–Trinajstić information content (AvgIpc) is 3.23. The molecule has 0 aliphatic rings. The van der Waals surface area contributed by atoms with Gasteiger partial charge in [0.1, 0.15) is 13.2 Å². The van der Waals surface area contributed by atoms with Crippen molar-refractivity contribution in [3.05, 3.63) is 0 Å². The fourth-order valence-corrected chi connectivity index (χ4v) is 8.13. The lowest BCUT2D eigenvalue weighted by atomic mass is 10.00. The summed E-state index contributed by atoms with van der Waals surface area (Å²) < 4.78 is 16.8. The third-order valence-corrected chi connectivity index (χ3v) is 12.6. The zero-order valence-corrected chi connectivity index (χ0v) is 41.1. The lowest BCUT2D eigenvalue weighted by molar-refractivity contribution is -0.167. The fraction of sp³-hybridized carbons (Fsp3) is 0.944. The van der Waals surface area contributed by atoms with Gasteiger partial charge >= 0.3 is 17.9 Å². The van der Waals surface area contributed by atoms with E-state index in [-0.39, 0.29) is 31.1 Å². The van der Waals surface area contributed by atoms with Crippen molar-refractivity contribution in [2.45, 2.75) is 304 Å². The van der Waals surface area contributed by atoms with Gasteiger partial charge in [0.15, 0.2) is 6.10 Å². The molecule has 60 heavy (non-hydrogen) atoms. The van der Waals surface area contributed by atoms with Gasteiger partial charge in [-0.3, -0.25) is 14.4 Å². The van der Waals surface area contributed by atoms with Crippen molar-refractivity contribution in [3.8, 4) is 0 Å². The normalized spacial score (nSPS) is 12.5. The smallest absolute Gasteiger partial charge is 0.306 e. The molecule has 6 nitrogen and oxygen atoms in total. The quantitative estimate of drug-likeness (QED) is 0.0345. The average molecular weight is 849 g/mol. The number of hydrogen-bond donors (Lipinski definition) is 0. The molecule has 2 atom stereocenters. The largest absolute Gasteiger partial charge is 0.462 e. The Morgan fingerprint density at radius 3 is 0.950 bits per heavy atom. The van der Waals surface area contributed by atoms with E-state index in [4.69, 9.17) is 14.2 Å². The monoisotopic (exact) mass is 849 g/mol. The summed E-state index contributed by atoms with van der Waals surface area (Å²) in [5, 5.41) is 0. The fourth-order valence-electron chi connectivity index (χ4n) is 8.13. The Morgan fingerprint density at radius 1 is 0.350 bits per heavy atom. The zero-order valence-electron chi connectivity index (χ0n) is 41.1. The summed E-state index contributed by atoms with van der Waals surface area (Å²) in [5.74, 6) is 0.809. The van der Waals surface area contributed by atoms with Crippen LogP contribution in [0.1, 0.15) is 298 Å². The van der Waals surface area contributed by atoms with Crippen molar-refractivity contribution < 1.29 is 28.6 Å². The molecule has 0 aromatic carbocycles. The van der Waals surface area contributed by atoms with Crippen LogP contribution in [-0.2, 0) is 28.6 Å². The molecule has 0 rings (SSSR count). The summed E-state index contributed by atoms with van der Waals surface area (Å²) in [4.78, 5) is 38.0. The van der Waals surface area contributed by atoms with E-state index >= 15 is 0 Å². The van der Waals surface area contributed by atoms with E-state index in [9.17, 15) is 14.4 Å². The highest BCUT2D eigenvalue weighted by atomic mass is 16.6. The second-order valence-corrected chi connectivity index (χ2v) is 19.2. The van der Waals surface area contributed by atoms with Gasteiger partial charge in [-0.05, 0) is 31.1 Å². The maximum atomic E-state index is 12.8. The van der Waals surface area contributed by atoms with Gasteiger partial charge < -0.3 is 14.2 Å². The molecular weight excluding hydrogens is 745 g/mol. The van der Waals surface area contributed by atoms with Crippen molar-refractivity contribution in [1.82, 2.24) is 0 Å². The molecule has 6 heteroatoms. The standard InChI is InChI=1S/C54H104O6/c1-6-8-9-10-11-12-13-14-15-19-22-25-28-34-39-44-52(55)58-47-51(48-59-53(56)45-40-35-31-30-33-38-43-50(5)7-2)60-54(57)46-41-36-29-26-23-20-17-16-18-21-24-27-32-37-42-49(3)4/h49-51H,6-48H2,1-5H3/t50?,51-/m0/s1. The van der Waals surface area contributed by atoms with Crippen LogP contribution >= 0.6 is 0 Å². The molecule has 0 aliphatic heterocycles. The van der Waals surface area contributed by atoms with Gasteiger partial charge in [-0.25, -0.2) is 0 Å². The SMILES string of the molecule is CCCCCCCCCCCCCCCCCC(=O)OC[C@@H](COC(=O)CCCCCCCCC(C)CC)OC(=O)CCCCCCCCCCCCCCCCC(C)C. The second-order valence-electron chi connectivity index (χ2n) is 19.2. The van der Waals surface area contributed by atoms with Gasteiger partial charge in [0.2, 0.25) is 0 Å². The summed E-state index contributed by atoms with van der Waals surface area (Å²) >= 11 is 0. The first-order valence-corrected chi connectivity index (χ1v) is 26.8.